The van der Waals surface area contributed by atoms with Crippen LogP contribution in [0, 0.1) is 3.57 Å². The van der Waals surface area contributed by atoms with E-state index in [1.165, 1.54) is 11.3 Å². The van der Waals surface area contributed by atoms with Gasteiger partial charge in [-0.05, 0) is 62.8 Å². The minimum Gasteiger partial charge on any atom is -0.289 e. The molecule has 1 heterocycles. The van der Waals surface area contributed by atoms with Gasteiger partial charge in [0.25, 0.3) is 0 Å². The maximum atomic E-state index is 12.0. The van der Waals surface area contributed by atoms with Crippen molar-refractivity contribution in [1.82, 2.24) is 0 Å². The average Bonchev–Trinajstić information content (AvgIpc) is 2.65. The molecule has 0 spiro atoms. The highest BCUT2D eigenvalue weighted by molar-refractivity contribution is 14.1. The molecule has 0 atom stereocenters. The van der Waals surface area contributed by atoms with Crippen LogP contribution in [0.3, 0.4) is 0 Å². The van der Waals surface area contributed by atoms with Gasteiger partial charge in [-0.15, -0.1) is 0 Å². The Labute approximate surface area is 114 Å². The maximum absolute atomic E-state index is 12.0. The molecule has 0 radical (unpaired) electrons. The number of hydrogen-bond acceptors (Lipinski definition) is 2. The first-order valence-electron chi connectivity index (χ1n) is 4.20. The number of rotatable bonds is 2. The SMILES string of the molecule is O=C(c1ccc(I)cc1)c1cscc1Br. The third-order valence-electron chi connectivity index (χ3n) is 1.97. The Bertz CT molecular complexity index is 490. The largest absolute Gasteiger partial charge is 0.289 e. The van der Waals surface area contributed by atoms with Gasteiger partial charge in [-0.1, -0.05) is 0 Å². The van der Waals surface area contributed by atoms with Crippen molar-refractivity contribution in [2.45, 2.75) is 0 Å². The van der Waals surface area contributed by atoms with Gasteiger partial charge in [0.15, 0.2) is 5.78 Å². The van der Waals surface area contributed by atoms with Crippen LogP contribution in [0.25, 0.3) is 0 Å². The number of benzene rings is 1. The molecule has 1 aromatic heterocycles. The van der Waals surface area contributed by atoms with Gasteiger partial charge >= 0.3 is 0 Å². The summed E-state index contributed by atoms with van der Waals surface area (Å²) in [5.41, 5.74) is 1.47. The molecule has 15 heavy (non-hydrogen) atoms. The fraction of sp³-hybridized carbons (Fsp3) is 0. The molecule has 0 saturated carbocycles. The quantitative estimate of drug-likeness (QED) is 0.548. The van der Waals surface area contributed by atoms with Crippen LogP contribution in [-0.2, 0) is 0 Å². The molecule has 0 aliphatic carbocycles. The predicted octanol–water partition coefficient (Wildman–Crippen LogP) is 4.35. The maximum Gasteiger partial charge on any atom is 0.194 e. The highest BCUT2D eigenvalue weighted by Gasteiger charge is 2.12. The van der Waals surface area contributed by atoms with E-state index in [9.17, 15) is 4.79 Å². The van der Waals surface area contributed by atoms with E-state index in [-0.39, 0.29) is 5.78 Å². The van der Waals surface area contributed by atoms with E-state index in [1.54, 1.807) is 0 Å². The molecule has 0 aliphatic rings. The molecule has 4 heteroatoms. The first-order chi connectivity index (χ1) is 7.18. The Kier molecular flexibility index (Phi) is 3.58. The lowest BCUT2D eigenvalue weighted by Crippen LogP contribution is -1.99. The number of thiophene rings is 1. The van der Waals surface area contributed by atoms with Crippen LogP contribution in [0.1, 0.15) is 15.9 Å². The fourth-order valence-corrected chi connectivity index (χ4v) is 3.01. The average molecular weight is 393 g/mol. The summed E-state index contributed by atoms with van der Waals surface area (Å²) in [6.45, 7) is 0. The van der Waals surface area contributed by atoms with Crippen molar-refractivity contribution >= 4 is 55.6 Å². The molecular formula is C11H6BrIOS. The Morgan fingerprint density at radius 2 is 1.87 bits per heavy atom. The van der Waals surface area contributed by atoms with Crippen LogP contribution in [-0.4, -0.2) is 5.78 Å². The van der Waals surface area contributed by atoms with Crippen molar-refractivity contribution in [3.8, 4) is 0 Å². The van der Waals surface area contributed by atoms with Crippen LogP contribution in [0.5, 0.6) is 0 Å². The smallest absolute Gasteiger partial charge is 0.194 e. The summed E-state index contributed by atoms with van der Waals surface area (Å²) in [7, 11) is 0. The molecule has 0 amide bonds. The van der Waals surface area contributed by atoms with Crippen molar-refractivity contribution in [3.63, 3.8) is 0 Å². The van der Waals surface area contributed by atoms with E-state index in [4.69, 9.17) is 0 Å². The molecule has 1 nitrogen and oxygen atoms in total. The van der Waals surface area contributed by atoms with E-state index in [0.717, 1.165) is 19.2 Å². The normalized spacial score (nSPS) is 10.3. The second-order valence-corrected chi connectivity index (χ2v) is 5.81. The van der Waals surface area contributed by atoms with E-state index in [2.05, 4.69) is 38.5 Å². The summed E-state index contributed by atoms with van der Waals surface area (Å²) in [5, 5.41) is 3.78. The summed E-state index contributed by atoms with van der Waals surface area (Å²) < 4.78 is 2.00. The molecule has 0 unspecified atom stereocenters. The fourth-order valence-electron chi connectivity index (χ4n) is 1.20. The first-order valence-corrected chi connectivity index (χ1v) is 7.02. The lowest BCUT2D eigenvalue weighted by atomic mass is 10.1. The number of carbonyl (C=O) groups excluding carboxylic acids is 1. The molecular weight excluding hydrogens is 387 g/mol. The van der Waals surface area contributed by atoms with Gasteiger partial charge in [-0.2, -0.15) is 11.3 Å². The molecule has 0 saturated heterocycles. The molecule has 0 fully saturated rings. The van der Waals surface area contributed by atoms with Gasteiger partial charge in [-0.25, -0.2) is 0 Å². The van der Waals surface area contributed by atoms with E-state index in [0.29, 0.717) is 0 Å². The van der Waals surface area contributed by atoms with Crippen LogP contribution in [0.2, 0.25) is 0 Å². The number of hydrogen-bond donors (Lipinski definition) is 0. The monoisotopic (exact) mass is 392 g/mol. The van der Waals surface area contributed by atoms with Gasteiger partial charge in [0.05, 0.1) is 0 Å². The van der Waals surface area contributed by atoms with Crippen LogP contribution < -0.4 is 0 Å². The summed E-state index contributed by atoms with van der Waals surface area (Å²) in [6.07, 6.45) is 0. The van der Waals surface area contributed by atoms with E-state index in [1.807, 2.05) is 35.0 Å². The molecule has 2 aromatic rings. The Balaban J connectivity index is 2.37. The van der Waals surface area contributed by atoms with Crippen molar-refractivity contribution in [2.75, 3.05) is 0 Å². The summed E-state index contributed by atoms with van der Waals surface area (Å²) in [5.74, 6) is 0.0690. The lowest BCUT2D eigenvalue weighted by Gasteiger charge is -1.99. The zero-order valence-corrected chi connectivity index (χ0v) is 12.1. The summed E-state index contributed by atoms with van der Waals surface area (Å²) in [6, 6.07) is 7.59. The van der Waals surface area contributed by atoms with Crippen LogP contribution in [0.4, 0.5) is 0 Å². The van der Waals surface area contributed by atoms with Gasteiger partial charge < -0.3 is 0 Å². The molecule has 0 N–H and O–H groups in total. The molecule has 1 aromatic carbocycles. The third-order valence-corrected chi connectivity index (χ3v) is 4.39. The minimum absolute atomic E-state index is 0.0690. The van der Waals surface area contributed by atoms with Crippen molar-refractivity contribution in [2.24, 2.45) is 0 Å². The Hall–Kier alpha value is -0.200. The summed E-state index contributed by atoms with van der Waals surface area (Å²) in [4.78, 5) is 12.0. The molecule has 0 bridgehead atoms. The first kappa shape index (κ1) is 11.3. The molecule has 76 valence electrons. The number of halogens is 2. The van der Waals surface area contributed by atoms with Crippen LogP contribution >= 0.6 is 49.9 Å². The highest BCUT2D eigenvalue weighted by atomic mass is 127. The number of carbonyl (C=O) groups is 1. The second-order valence-electron chi connectivity index (χ2n) is 2.97. The van der Waals surface area contributed by atoms with Gasteiger partial charge in [-0.3, -0.25) is 4.79 Å². The van der Waals surface area contributed by atoms with Gasteiger partial charge in [0.1, 0.15) is 0 Å². The summed E-state index contributed by atoms with van der Waals surface area (Å²) >= 11 is 7.11. The molecule has 2 rings (SSSR count). The van der Waals surface area contributed by atoms with E-state index < -0.39 is 0 Å². The van der Waals surface area contributed by atoms with Gasteiger partial charge in [0, 0.05) is 29.9 Å². The zero-order valence-electron chi connectivity index (χ0n) is 7.54. The minimum atomic E-state index is 0.0690. The topological polar surface area (TPSA) is 17.1 Å². The van der Waals surface area contributed by atoms with Crippen molar-refractivity contribution < 1.29 is 4.79 Å². The lowest BCUT2D eigenvalue weighted by molar-refractivity contribution is 0.103. The second kappa shape index (κ2) is 4.76. The Morgan fingerprint density at radius 3 is 2.40 bits per heavy atom. The van der Waals surface area contributed by atoms with Crippen molar-refractivity contribution in [1.29, 1.82) is 0 Å². The van der Waals surface area contributed by atoms with Gasteiger partial charge in [0.2, 0.25) is 0 Å². The number of ketones is 1. The zero-order chi connectivity index (χ0) is 10.8. The highest BCUT2D eigenvalue weighted by Crippen LogP contribution is 2.24. The van der Waals surface area contributed by atoms with E-state index >= 15 is 0 Å². The Morgan fingerprint density at radius 1 is 1.20 bits per heavy atom. The van der Waals surface area contributed by atoms with Crippen LogP contribution in [0.15, 0.2) is 39.5 Å². The third kappa shape index (κ3) is 2.49. The molecule has 0 aliphatic heterocycles. The standard InChI is InChI=1S/C11H6BrIOS/c12-10-6-15-5-9(10)11(14)7-1-3-8(13)4-2-7/h1-6H. The van der Waals surface area contributed by atoms with Crippen molar-refractivity contribution in [3.05, 3.63) is 54.2 Å². The predicted molar refractivity (Wildman–Crippen MR) is 74.6 cm³/mol.